The second-order valence-electron chi connectivity index (χ2n) is 4.81. The molecule has 8 heteroatoms. The summed E-state index contributed by atoms with van der Waals surface area (Å²) < 4.78 is 0. The van der Waals surface area contributed by atoms with E-state index < -0.39 is 0 Å². The monoisotopic (exact) mass is 357 g/mol. The van der Waals surface area contributed by atoms with Gasteiger partial charge in [-0.25, -0.2) is 0 Å². The molecule has 0 unspecified atom stereocenters. The molecule has 1 amide bonds. The number of aromatic nitrogens is 4. The average Bonchev–Trinajstić information content (AvgIpc) is 3.09. The molecule has 0 atom stereocenters. The van der Waals surface area contributed by atoms with Gasteiger partial charge in [0.05, 0.1) is 11.4 Å². The summed E-state index contributed by atoms with van der Waals surface area (Å²) in [5.74, 6) is 0.119. The van der Waals surface area contributed by atoms with E-state index in [-0.39, 0.29) is 11.7 Å². The minimum absolute atomic E-state index is 0.132. The zero-order chi connectivity index (χ0) is 16.8. The molecular weight excluding hydrogens is 342 g/mol. The minimum Gasteiger partial charge on any atom is -0.300 e. The van der Waals surface area contributed by atoms with Crippen molar-refractivity contribution in [3.8, 4) is 11.3 Å². The first-order chi connectivity index (χ1) is 11.7. The van der Waals surface area contributed by atoms with Crippen molar-refractivity contribution in [3.63, 3.8) is 0 Å². The van der Waals surface area contributed by atoms with Crippen molar-refractivity contribution in [2.75, 3.05) is 11.1 Å². The zero-order valence-electron chi connectivity index (χ0n) is 13.0. The summed E-state index contributed by atoms with van der Waals surface area (Å²) >= 11 is 2.73. The Bertz CT molecular complexity index is 805. The summed E-state index contributed by atoms with van der Waals surface area (Å²) in [5.41, 5.74) is 1.83. The van der Waals surface area contributed by atoms with Crippen molar-refractivity contribution < 1.29 is 4.79 Å². The van der Waals surface area contributed by atoms with Gasteiger partial charge in [-0.3, -0.25) is 10.1 Å². The second kappa shape index (κ2) is 7.98. The standard InChI is InChI=1S/C16H15N5OS2/c1-2-14-19-21-16(24-14)17-13(22)10-23-15-9-8-12(18-20-15)11-6-4-3-5-7-11/h3-9H,2,10H2,1H3,(H,17,21,22). The largest absolute Gasteiger partial charge is 0.300 e. The van der Waals surface area contributed by atoms with Crippen LogP contribution in [0.3, 0.4) is 0 Å². The van der Waals surface area contributed by atoms with Crippen LogP contribution >= 0.6 is 23.1 Å². The molecule has 0 aliphatic heterocycles. The Balaban J connectivity index is 1.53. The van der Waals surface area contributed by atoms with Crippen LogP contribution in [0.1, 0.15) is 11.9 Å². The molecule has 0 aliphatic rings. The predicted molar refractivity (Wildman–Crippen MR) is 96.1 cm³/mol. The van der Waals surface area contributed by atoms with E-state index in [4.69, 9.17) is 0 Å². The predicted octanol–water partition coefficient (Wildman–Crippen LogP) is 3.29. The lowest BCUT2D eigenvalue weighted by Crippen LogP contribution is -2.14. The number of aryl methyl sites for hydroxylation is 1. The maximum Gasteiger partial charge on any atom is 0.236 e. The van der Waals surface area contributed by atoms with E-state index >= 15 is 0 Å². The van der Waals surface area contributed by atoms with Gasteiger partial charge in [-0.05, 0) is 18.6 Å². The molecule has 0 aliphatic carbocycles. The van der Waals surface area contributed by atoms with E-state index in [1.807, 2.05) is 49.4 Å². The number of rotatable bonds is 6. The number of nitrogens with zero attached hydrogens (tertiary/aromatic N) is 4. The topological polar surface area (TPSA) is 80.7 Å². The van der Waals surface area contributed by atoms with Gasteiger partial charge in [-0.1, -0.05) is 60.4 Å². The minimum atomic E-state index is -0.132. The van der Waals surface area contributed by atoms with E-state index in [1.54, 1.807) is 0 Å². The highest BCUT2D eigenvalue weighted by Crippen LogP contribution is 2.20. The first kappa shape index (κ1) is 16.5. The van der Waals surface area contributed by atoms with E-state index in [1.165, 1.54) is 23.1 Å². The van der Waals surface area contributed by atoms with Gasteiger partial charge in [0, 0.05) is 5.56 Å². The van der Waals surface area contributed by atoms with Crippen LogP contribution in [0.15, 0.2) is 47.5 Å². The van der Waals surface area contributed by atoms with Crippen LogP contribution in [0.5, 0.6) is 0 Å². The quantitative estimate of drug-likeness (QED) is 0.682. The maximum absolute atomic E-state index is 11.9. The highest BCUT2D eigenvalue weighted by atomic mass is 32.2. The molecule has 24 heavy (non-hydrogen) atoms. The van der Waals surface area contributed by atoms with Gasteiger partial charge in [0.2, 0.25) is 11.0 Å². The van der Waals surface area contributed by atoms with Gasteiger partial charge in [0.1, 0.15) is 10.0 Å². The molecule has 0 saturated carbocycles. The van der Waals surface area contributed by atoms with Gasteiger partial charge < -0.3 is 0 Å². The van der Waals surface area contributed by atoms with Crippen molar-refractivity contribution in [3.05, 3.63) is 47.5 Å². The molecular formula is C16H15N5OS2. The molecule has 2 aromatic heterocycles. The lowest BCUT2D eigenvalue weighted by molar-refractivity contribution is -0.113. The molecule has 0 radical (unpaired) electrons. The van der Waals surface area contributed by atoms with Gasteiger partial charge >= 0.3 is 0 Å². The fourth-order valence-electron chi connectivity index (χ4n) is 1.90. The summed E-state index contributed by atoms with van der Waals surface area (Å²) in [6, 6.07) is 13.6. The molecule has 0 fully saturated rings. The Kier molecular flexibility index (Phi) is 5.50. The number of hydrogen-bond acceptors (Lipinski definition) is 7. The number of amides is 1. The van der Waals surface area contributed by atoms with Gasteiger partial charge in [-0.2, -0.15) is 0 Å². The molecule has 2 heterocycles. The number of thioether (sulfide) groups is 1. The van der Waals surface area contributed by atoms with Crippen LogP contribution in [0.2, 0.25) is 0 Å². The van der Waals surface area contributed by atoms with Gasteiger partial charge in [0.25, 0.3) is 0 Å². The summed E-state index contributed by atoms with van der Waals surface area (Å²) in [5, 5.41) is 21.1. The molecule has 1 aromatic carbocycles. The number of carbonyl (C=O) groups excluding carboxylic acids is 1. The fraction of sp³-hybridized carbons (Fsp3) is 0.188. The number of anilines is 1. The molecule has 1 N–H and O–H groups in total. The number of benzene rings is 1. The van der Waals surface area contributed by atoms with Crippen molar-refractivity contribution in [1.29, 1.82) is 0 Å². The average molecular weight is 357 g/mol. The smallest absolute Gasteiger partial charge is 0.236 e. The molecule has 0 bridgehead atoms. The van der Waals surface area contributed by atoms with E-state index in [9.17, 15) is 4.79 Å². The van der Waals surface area contributed by atoms with Crippen LogP contribution in [0, 0.1) is 0 Å². The Hall–Kier alpha value is -2.32. The summed E-state index contributed by atoms with van der Waals surface area (Å²) in [6.45, 7) is 2.00. The Morgan fingerprint density at radius 3 is 2.58 bits per heavy atom. The summed E-state index contributed by atoms with van der Waals surface area (Å²) in [4.78, 5) is 11.9. The second-order valence-corrected chi connectivity index (χ2v) is 6.87. The number of carbonyl (C=O) groups is 1. The van der Waals surface area contributed by atoms with Crippen LogP contribution < -0.4 is 5.32 Å². The third-order valence-electron chi connectivity index (χ3n) is 3.08. The molecule has 3 aromatic rings. The van der Waals surface area contributed by atoms with Crippen molar-refractivity contribution in [2.45, 2.75) is 18.4 Å². The summed E-state index contributed by atoms with van der Waals surface area (Å²) in [6.07, 6.45) is 0.811. The molecule has 3 rings (SSSR count). The van der Waals surface area contributed by atoms with E-state index in [2.05, 4.69) is 25.7 Å². The Morgan fingerprint density at radius 1 is 1.08 bits per heavy atom. The highest BCUT2D eigenvalue weighted by Gasteiger charge is 2.09. The zero-order valence-corrected chi connectivity index (χ0v) is 14.6. The molecule has 122 valence electrons. The molecule has 0 spiro atoms. The van der Waals surface area contributed by atoms with Crippen LogP contribution in [0.25, 0.3) is 11.3 Å². The van der Waals surface area contributed by atoms with Gasteiger partial charge in [-0.15, -0.1) is 20.4 Å². The van der Waals surface area contributed by atoms with Gasteiger partial charge in [0.15, 0.2) is 0 Å². The van der Waals surface area contributed by atoms with Crippen LogP contribution in [-0.2, 0) is 11.2 Å². The third kappa shape index (κ3) is 4.36. The molecule has 6 nitrogen and oxygen atoms in total. The van der Waals surface area contributed by atoms with E-state index in [0.29, 0.717) is 10.2 Å². The lowest BCUT2D eigenvalue weighted by atomic mass is 10.1. The Morgan fingerprint density at radius 2 is 1.92 bits per heavy atom. The van der Waals surface area contributed by atoms with Crippen LogP contribution in [-0.4, -0.2) is 32.1 Å². The van der Waals surface area contributed by atoms with Crippen molar-refractivity contribution in [2.24, 2.45) is 0 Å². The third-order valence-corrected chi connectivity index (χ3v) is 4.98. The molecule has 0 saturated heterocycles. The van der Waals surface area contributed by atoms with Crippen molar-refractivity contribution >= 4 is 34.1 Å². The SMILES string of the molecule is CCc1nnc(NC(=O)CSc2ccc(-c3ccccc3)nn2)s1. The first-order valence-electron chi connectivity index (χ1n) is 7.39. The number of nitrogens with one attached hydrogen (secondary N) is 1. The fourth-order valence-corrected chi connectivity index (χ4v) is 3.21. The first-order valence-corrected chi connectivity index (χ1v) is 9.19. The van der Waals surface area contributed by atoms with Crippen molar-refractivity contribution in [1.82, 2.24) is 20.4 Å². The Labute approximate surface area is 147 Å². The lowest BCUT2D eigenvalue weighted by Gasteiger charge is -2.02. The van der Waals surface area contributed by atoms with Crippen LogP contribution in [0.4, 0.5) is 5.13 Å². The maximum atomic E-state index is 11.9. The number of hydrogen-bond donors (Lipinski definition) is 1. The highest BCUT2D eigenvalue weighted by molar-refractivity contribution is 7.99. The summed E-state index contributed by atoms with van der Waals surface area (Å²) in [7, 11) is 0. The van der Waals surface area contributed by atoms with E-state index in [0.717, 1.165) is 22.7 Å². The normalized spacial score (nSPS) is 10.5.